The fraction of sp³-hybridized carbons (Fsp3) is 0.950. The highest BCUT2D eigenvalue weighted by Gasteiger charge is 2.64. The van der Waals surface area contributed by atoms with Crippen LogP contribution >= 0.6 is 0 Å². The standard InChI is InChI=1S/C20H31NO5/c1-21-7-6-10-8-13-20(26-9-25-13)15-11-4-5-12(23-2)19(24-3)16(11)18(22)17(21)14(10)15/h10-17,19-20H,4-9H2,1-3H3. The molecule has 2 aliphatic heterocycles. The maximum Gasteiger partial charge on any atom is 0.156 e. The second-order valence-corrected chi connectivity index (χ2v) is 8.96. The van der Waals surface area contributed by atoms with E-state index < -0.39 is 0 Å². The number of piperidine rings is 1. The Balaban J connectivity index is 1.57. The number of hydrogen-bond acceptors (Lipinski definition) is 6. The van der Waals surface area contributed by atoms with E-state index in [0.29, 0.717) is 36.2 Å². The number of likely N-dealkylation sites (tertiary alicyclic amines) is 1. The molecular formula is C20H31NO5. The fourth-order valence-electron chi connectivity index (χ4n) is 7.20. The number of likely N-dealkylation sites (N-methyl/N-ethyl adjacent to an activating group) is 1. The van der Waals surface area contributed by atoms with E-state index >= 15 is 0 Å². The zero-order valence-corrected chi connectivity index (χ0v) is 16.0. The Labute approximate surface area is 155 Å². The zero-order chi connectivity index (χ0) is 18.0. The highest BCUT2D eigenvalue weighted by atomic mass is 16.7. The number of ketones is 1. The van der Waals surface area contributed by atoms with Crippen LogP contribution in [0.25, 0.3) is 0 Å². The zero-order valence-electron chi connectivity index (χ0n) is 16.0. The van der Waals surface area contributed by atoms with Gasteiger partial charge < -0.3 is 18.9 Å². The number of methoxy groups -OCH3 is 2. The van der Waals surface area contributed by atoms with Gasteiger partial charge in [-0.05, 0) is 62.9 Å². The number of carbonyl (C=O) groups is 1. The summed E-state index contributed by atoms with van der Waals surface area (Å²) in [6.07, 6.45) is 4.40. The minimum Gasteiger partial charge on any atom is -0.379 e. The van der Waals surface area contributed by atoms with E-state index in [1.165, 1.54) is 6.42 Å². The van der Waals surface area contributed by atoms with Gasteiger partial charge in [0.2, 0.25) is 0 Å². The molecule has 5 rings (SSSR count). The molecule has 2 heterocycles. The molecule has 10 atom stereocenters. The third-order valence-electron chi connectivity index (χ3n) is 8.16. The lowest BCUT2D eigenvalue weighted by Crippen LogP contribution is -2.69. The van der Waals surface area contributed by atoms with Crippen molar-refractivity contribution in [1.29, 1.82) is 0 Å². The number of carbonyl (C=O) groups excluding carboxylic acids is 1. The molecule has 10 unspecified atom stereocenters. The summed E-state index contributed by atoms with van der Waals surface area (Å²) < 4.78 is 23.6. The van der Waals surface area contributed by atoms with E-state index in [9.17, 15) is 4.79 Å². The van der Waals surface area contributed by atoms with Crippen LogP contribution in [0.3, 0.4) is 0 Å². The molecular weight excluding hydrogens is 334 g/mol. The summed E-state index contributed by atoms with van der Waals surface area (Å²) in [5.41, 5.74) is 0. The summed E-state index contributed by atoms with van der Waals surface area (Å²) in [4.78, 5) is 16.0. The van der Waals surface area contributed by atoms with Crippen LogP contribution in [0.15, 0.2) is 0 Å². The van der Waals surface area contributed by atoms with Gasteiger partial charge >= 0.3 is 0 Å². The van der Waals surface area contributed by atoms with Crippen molar-refractivity contribution in [3.8, 4) is 0 Å². The second kappa shape index (κ2) is 6.52. The van der Waals surface area contributed by atoms with Crippen LogP contribution < -0.4 is 0 Å². The van der Waals surface area contributed by atoms with Gasteiger partial charge in [-0.3, -0.25) is 9.69 Å². The van der Waals surface area contributed by atoms with Gasteiger partial charge in [0, 0.05) is 14.2 Å². The lowest BCUT2D eigenvalue weighted by Gasteiger charge is -2.60. The van der Waals surface area contributed by atoms with Gasteiger partial charge in [0.15, 0.2) is 5.78 Å². The second-order valence-electron chi connectivity index (χ2n) is 8.96. The molecule has 0 aromatic rings. The Morgan fingerprint density at radius 2 is 1.92 bits per heavy atom. The van der Waals surface area contributed by atoms with Crippen molar-refractivity contribution in [3.63, 3.8) is 0 Å². The average Bonchev–Trinajstić information content (AvgIpc) is 3.12. The summed E-state index contributed by atoms with van der Waals surface area (Å²) in [6.45, 7) is 1.40. The predicted octanol–water partition coefficient (Wildman–Crippen LogP) is 1.32. The van der Waals surface area contributed by atoms with Crippen LogP contribution in [-0.2, 0) is 23.7 Å². The van der Waals surface area contributed by atoms with Gasteiger partial charge in [0.25, 0.3) is 0 Å². The Kier molecular flexibility index (Phi) is 4.40. The molecule has 6 heteroatoms. The number of ether oxygens (including phenoxy) is 4. The van der Waals surface area contributed by atoms with Crippen LogP contribution in [0.5, 0.6) is 0 Å². The van der Waals surface area contributed by atoms with Crippen LogP contribution in [0.1, 0.15) is 25.7 Å². The van der Waals surface area contributed by atoms with Crippen LogP contribution in [-0.4, -0.2) is 75.7 Å². The molecule has 0 N–H and O–H groups in total. The molecule has 3 saturated carbocycles. The van der Waals surface area contributed by atoms with Crippen LogP contribution in [0, 0.1) is 29.6 Å². The van der Waals surface area contributed by atoms with Crippen molar-refractivity contribution < 1.29 is 23.7 Å². The van der Waals surface area contributed by atoms with Crippen LogP contribution in [0.4, 0.5) is 0 Å². The van der Waals surface area contributed by atoms with Gasteiger partial charge in [-0.15, -0.1) is 0 Å². The van der Waals surface area contributed by atoms with Crippen molar-refractivity contribution in [3.05, 3.63) is 0 Å². The van der Waals surface area contributed by atoms with Crippen molar-refractivity contribution in [2.45, 2.75) is 56.1 Å². The molecule has 0 aromatic heterocycles. The number of fused-ring (bicyclic) bond motifs is 4. The van der Waals surface area contributed by atoms with E-state index in [1.807, 2.05) is 0 Å². The molecule has 5 aliphatic rings. The molecule has 146 valence electrons. The Morgan fingerprint density at radius 3 is 2.69 bits per heavy atom. The first-order valence-electron chi connectivity index (χ1n) is 10.2. The normalized spacial score (nSPS) is 53.7. The highest BCUT2D eigenvalue weighted by Crippen LogP contribution is 2.57. The first-order chi connectivity index (χ1) is 12.7. The van der Waals surface area contributed by atoms with Crippen molar-refractivity contribution >= 4 is 5.78 Å². The summed E-state index contributed by atoms with van der Waals surface area (Å²) in [6, 6.07) is -0.00148. The lowest BCUT2D eigenvalue weighted by atomic mass is 9.49. The minimum absolute atomic E-state index is 0.00148. The molecule has 6 nitrogen and oxygen atoms in total. The Bertz CT molecular complexity index is 570. The highest BCUT2D eigenvalue weighted by molar-refractivity contribution is 5.89. The van der Waals surface area contributed by atoms with E-state index in [-0.39, 0.29) is 36.4 Å². The maximum absolute atomic E-state index is 13.7. The molecule has 26 heavy (non-hydrogen) atoms. The van der Waals surface area contributed by atoms with E-state index in [0.717, 1.165) is 25.8 Å². The smallest absolute Gasteiger partial charge is 0.156 e. The number of Topliss-reactive ketones (excluding diaryl/α,β-unsaturated/α-hetero) is 1. The Morgan fingerprint density at radius 1 is 1.08 bits per heavy atom. The third-order valence-corrected chi connectivity index (χ3v) is 8.16. The Hall–Kier alpha value is -0.530. The largest absolute Gasteiger partial charge is 0.379 e. The summed E-state index contributed by atoms with van der Waals surface area (Å²) in [5, 5.41) is 0. The van der Waals surface area contributed by atoms with Gasteiger partial charge in [-0.2, -0.15) is 0 Å². The maximum atomic E-state index is 13.7. The quantitative estimate of drug-likeness (QED) is 0.736. The van der Waals surface area contributed by atoms with E-state index in [4.69, 9.17) is 18.9 Å². The molecule has 5 fully saturated rings. The van der Waals surface area contributed by atoms with E-state index in [2.05, 4.69) is 11.9 Å². The summed E-state index contributed by atoms with van der Waals surface area (Å²) in [7, 11) is 5.58. The molecule has 0 spiro atoms. The van der Waals surface area contributed by atoms with Crippen LogP contribution in [0.2, 0.25) is 0 Å². The number of rotatable bonds is 2. The molecule has 0 bridgehead atoms. The van der Waals surface area contributed by atoms with Gasteiger partial charge in [0.05, 0.1) is 36.4 Å². The molecule has 0 radical (unpaired) electrons. The monoisotopic (exact) mass is 365 g/mol. The number of nitrogens with zero attached hydrogens (tertiary/aromatic N) is 1. The predicted molar refractivity (Wildman–Crippen MR) is 93.6 cm³/mol. The SMILES string of the molecule is COC1CCC2C(C(=O)C3C4C(CCN3C)CC3OCOC3C24)C1OC. The minimum atomic E-state index is -0.149. The van der Waals surface area contributed by atoms with Crippen molar-refractivity contribution in [2.75, 3.05) is 34.6 Å². The van der Waals surface area contributed by atoms with Crippen molar-refractivity contribution in [2.24, 2.45) is 29.6 Å². The lowest BCUT2D eigenvalue weighted by molar-refractivity contribution is -0.192. The average molecular weight is 365 g/mol. The number of hydrogen-bond donors (Lipinski definition) is 0. The molecule has 3 aliphatic carbocycles. The van der Waals surface area contributed by atoms with E-state index in [1.54, 1.807) is 14.2 Å². The first kappa shape index (κ1) is 17.6. The van der Waals surface area contributed by atoms with Crippen molar-refractivity contribution in [1.82, 2.24) is 4.90 Å². The molecule has 2 saturated heterocycles. The molecule has 0 aromatic carbocycles. The molecule has 0 amide bonds. The van der Waals surface area contributed by atoms with Gasteiger partial charge in [0.1, 0.15) is 6.79 Å². The summed E-state index contributed by atoms with van der Waals surface area (Å²) >= 11 is 0. The summed E-state index contributed by atoms with van der Waals surface area (Å²) in [5.74, 6) is 2.00. The topological polar surface area (TPSA) is 57.2 Å². The first-order valence-corrected chi connectivity index (χ1v) is 10.2. The fourth-order valence-corrected chi connectivity index (χ4v) is 7.20. The van der Waals surface area contributed by atoms with Gasteiger partial charge in [-0.1, -0.05) is 0 Å². The van der Waals surface area contributed by atoms with Gasteiger partial charge in [-0.25, -0.2) is 0 Å². The third kappa shape index (κ3) is 2.32.